The van der Waals surface area contributed by atoms with E-state index in [4.69, 9.17) is 9.47 Å². The molecule has 206 valence electrons. The second-order valence-electron chi connectivity index (χ2n) is 13.6. The van der Waals surface area contributed by atoms with Crippen LogP contribution in [0.1, 0.15) is 100 Å². The summed E-state index contributed by atoms with van der Waals surface area (Å²) >= 11 is 0. The molecule has 4 aliphatic carbocycles. The molecule has 4 rings (SSSR count). The second-order valence-corrected chi connectivity index (χ2v) is 13.6. The third-order valence-corrected chi connectivity index (χ3v) is 11.0. The van der Waals surface area contributed by atoms with Gasteiger partial charge in [0.1, 0.15) is 17.5 Å². The van der Waals surface area contributed by atoms with Gasteiger partial charge in [0, 0.05) is 44.4 Å². The van der Waals surface area contributed by atoms with Gasteiger partial charge in [0.15, 0.2) is 0 Å². The van der Waals surface area contributed by atoms with Gasteiger partial charge >= 0.3 is 11.9 Å². The van der Waals surface area contributed by atoms with Crippen LogP contribution in [0, 0.1) is 46.3 Å². The molecule has 4 aliphatic rings. The molecule has 0 unspecified atom stereocenters. The Morgan fingerprint density at radius 1 is 1.03 bits per heavy atom. The summed E-state index contributed by atoms with van der Waals surface area (Å²) in [6.45, 7) is 16.5. The molecule has 0 saturated heterocycles. The SMILES string of the molecule is CC(=O)O[C@@H]1CC[C@]2(C)[C@@H]3C(=O)C[C@]4(C)[C@H](CC[C@@H]4[C@H](C)/C=C/[C@H](C)C(C)C)C3=CC[C@@]2(OC(C)=O)C1. The Bertz CT molecular complexity index is 993. The van der Waals surface area contributed by atoms with Gasteiger partial charge in [-0.1, -0.05) is 65.3 Å². The minimum Gasteiger partial charge on any atom is -0.462 e. The number of ketones is 1. The zero-order chi connectivity index (χ0) is 27.3. The van der Waals surface area contributed by atoms with Crippen molar-refractivity contribution >= 4 is 17.7 Å². The molecule has 0 bridgehead atoms. The molecule has 0 heterocycles. The van der Waals surface area contributed by atoms with E-state index in [1.807, 2.05) is 0 Å². The van der Waals surface area contributed by atoms with Crippen LogP contribution >= 0.6 is 0 Å². The summed E-state index contributed by atoms with van der Waals surface area (Å²) < 4.78 is 11.7. The van der Waals surface area contributed by atoms with Crippen LogP contribution in [0.3, 0.4) is 0 Å². The van der Waals surface area contributed by atoms with E-state index in [1.165, 1.54) is 19.4 Å². The van der Waals surface area contributed by atoms with E-state index in [2.05, 4.69) is 59.8 Å². The quantitative estimate of drug-likeness (QED) is 0.288. The standard InChI is InChI=1S/C32H48O5/c1-19(2)20(3)9-10-21(4)26-11-12-27-25-14-16-32(37-23(6)34)17-24(36-22(5)33)13-15-31(32,8)29(25)28(35)18-30(26,27)7/h9-10,14,19-21,24,26-27,29H,11-13,15-18H2,1-8H3/b10-9+/t20-,21+,24+,26+,27+,29-,30-,31+,32+/m0/s1. The number of esters is 2. The lowest BCUT2D eigenvalue weighted by Crippen LogP contribution is -2.63. The fraction of sp³-hybridized carbons (Fsp3) is 0.781. The van der Waals surface area contributed by atoms with E-state index in [-0.39, 0.29) is 29.4 Å². The maximum absolute atomic E-state index is 14.2. The number of hydrogen-bond donors (Lipinski definition) is 0. The number of carbonyl (C=O) groups excluding carboxylic acids is 3. The zero-order valence-corrected chi connectivity index (χ0v) is 24.3. The number of rotatable bonds is 6. The highest BCUT2D eigenvalue weighted by atomic mass is 16.6. The Morgan fingerprint density at radius 2 is 1.73 bits per heavy atom. The molecule has 5 nitrogen and oxygen atoms in total. The van der Waals surface area contributed by atoms with Gasteiger partial charge < -0.3 is 9.47 Å². The van der Waals surface area contributed by atoms with Crippen molar-refractivity contribution in [2.24, 2.45) is 46.3 Å². The monoisotopic (exact) mass is 512 g/mol. The van der Waals surface area contributed by atoms with Crippen molar-refractivity contribution in [3.05, 3.63) is 23.8 Å². The molecule has 0 aliphatic heterocycles. The van der Waals surface area contributed by atoms with Crippen LogP contribution in [-0.4, -0.2) is 29.4 Å². The molecule has 0 amide bonds. The number of ether oxygens (including phenoxy) is 2. The van der Waals surface area contributed by atoms with Gasteiger partial charge in [-0.15, -0.1) is 0 Å². The van der Waals surface area contributed by atoms with Crippen LogP contribution in [0.2, 0.25) is 0 Å². The minimum absolute atomic E-state index is 0.0447. The molecule has 3 saturated carbocycles. The average molecular weight is 513 g/mol. The Balaban J connectivity index is 1.67. The smallest absolute Gasteiger partial charge is 0.303 e. The lowest BCUT2D eigenvalue weighted by molar-refractivity contribution is -0.209. The average Bonchev–Trinajstić information content (AvgIpc) is 3.13. The summed E-state index contributed by atoms with van der Waals surface area (Å²) in [6.07, 6.45) is 12.0. The van der Waals surface area contributed by atoms with Gasteiger partial charge in [0.2, 0.25) is 0 Å². The summed E-state index contributed by atoms with van der Waals surface area (Å²) in [5.74, 6) is 1.87. The number of hydrogen-bond acceptors (Lipinski definition) is 5. The van der Waals surface area contributed by atoms with Crippen LogP contribution in [0.5, 0.6) is 0 Å². The molecular formula is C32H48O5. The van der Waals surface area contributed by atoms with E-state index in [0.717, 1.165) is 12.8 Å². The van der Waals surface area contributed by atoms with Gasteiger partial charge in [-0.25, -0.2) is 0 Å². The van der Waals surface area contributed by atoms with E-state index >= 15 is 0 Å². The molecular weight excluding hydrogens is 464 g/mol. The van der Waals surface area contributed by atoms with Gasteiger partial charge in [-0.3, -0.25) is 14.4 Å². The first-order chi connectivity index (χ1) is 17.2. The van der Waals surface area contributed by atoms with Gasteiger partial charge in [-0.05, 0) is 60.7 Å². The molecule has 0 radical (unpaired) electrons. The largest absolute Gasteiger partial charge is 0.462 e. The minimum atomic E-state index is -0.824. The fourth-order valence-electron chi connectivity index (χ4n) is 8.69. The normalized spacial score (nSPS) is 40.9. The van der Waals surface area contributed by atoms with E-state index in [0.29, 0.717) is 67.5 Å². The van der Waals surface area contributed by atoms with Crippen molar-refractivity contribution in [1.29, 1.82) is 0 Å². The summed E-state index contributed by atoms with van der Waals surface area (Å²) in [5, 5.41) is 0. The topological polar surface area (TPSA) is 69.7 Å². The third-order valence-electron chi connectivity index (χ3n) is 11.0. The van der Waals surface area contributed by atoms with Crippen molar-refractivity contribution in [1.82, 2.24) is 0 Å². The van der Waals surface area contributed by atoms with Crippen molar-refractivity contribution in [3.63, 3.8) is 0 Å². The first kappa shape index (κ1) is 28.1. The lowest BCUT2D eigenvalue weighted by Gasteiger charge is -2.61. The van der Waals surface area contributed by atoms with Crippen molar-refractivity contribution in [3.8, 4) is 0 Å². The Kier molecular flexibility index (Phi) is 7.60. The predicted molar refractivity (Wildman–Crippen MR) is 144 cm³/mol. The molecule has 3 fully saturated rings. The van der Waals surface area contributed by atoms with Gasteiger partial charge in [-0.2, -0.15) is 0 Å². The molecule has 5 heteroatoms. The fourth-order valence-corrected chi connectivity index (χ4v) is 8.69. The lowest BCUT2D eigenvalue weighted by atomic mass is 9.45. The molecule has 0 aromatic heterocycles. The number of carbonyl (C=O) groups is 3. The molecule has 37 heavy (non-hydrogen) atoms. The van der Waals surface area contributed by atoms with Crippen LogP contribution < -0.4 is 0 Å². The van der Waals surface area contributed by atoms with Crippen LogP contribution in [0.15, 0.2) is 23.8 Å². The van der Waals surface area contributed by atoms with E-state index in [1.54, 1.807) is 0 Å². The third kappa shape index (κ3) is 4.74. The number of fused-ring (bicyclic) bond motifs is 5. The second kappa shape index (κ2) is 10.0. The highest BCUT2D eigenvalue weighted by molar-refractivity contribution is 5.88. The number of Topliss-reactive ketones (excluding diaryl/α,β-unsaturated/α-hetero) is 1. The van der Waals surface area contributed by atoms with E-state index < -0.39 is 11.0 Å². The van der Waals surface area contributed by atoms with Gasteiger partial charge in [0.25, 0.3) is 0 Å². The molecule has 9 atom stereocenters. The highest BCUT2D eigenvalue weighted by Gasteiger charge is 2.67. The Hall–Kier alpha value is -1.91. The Labute approximate surface area is 223 Å². The molecule has 0 aromatic carbocycles. The van der Waals surface area contributed by atoms with Gasteiger partial charge in [0.05, 0.1) is 0 Å². The number of allylic oxidation sites excluding steroid dienone is 3. The molecule has 0 aromatic rings. The van der Waals surface area contributed by atoms with Crippen LogP contribution in [-0.2, 0) is 23.9 Å². The summed E-state index contributed by atoms with van der Waals surface area (Å²) in [5.41, 5.74) is -0.0647. The highest BCUT2D eigenvalue weighted by Crippen LogP contribution is 2.67. The summed E-state index contributed by atoms with van der Waals surface area (Å²) in [4.78, 5) is 38.2. The van der Waals surface area contributed by atoms with Crippen molar-refractivity contribution in [2.75, 3.05) is 0 Å². The molecule has 0 spiro atoms. The van der Waals surface area contributed by atoms with E-state index in [9.17, 15) is 14.4 Å². The Morgan fingerprint density at radius 3 is 2.35 bits per heavy atom. The summed E-state index contributed by atoms with van der Waals surface area (Å²) in [6, 6.07) is 0. The predicted octanol–water partition coefficient (Wildman–Crippen LogP) is 6.85. The van der Waals surface area contributed by atoms with Crippen LogP contribution in [0.4, 0.5) is 0 Å². The van der Waals surface area contributed by atoms with Crippen LogP contribution in [0.25, 0.3) is 0 Å². The first-order valence-electron chi connectivity index (χ1n) is 14.5. The van der Waals surface area contributed by atoms with Crippen molar-refractivity contribution in [2.45, 2.75) is 112 Å². The zero-order valence-electron chi connectivity index (χ0n) is 24.3. The first-order valence-corrected chi connectivity index (χ1v) is 14.5. The van der Waals surface area contributed by atoms with Crippen molar-refractivity contribution < 1.29 is 23.9 Å². The summed E-state index contributed by atoms with van der Waals surface area (Å²) in [7, 11) is 0. The maximum atomic E-state index is 14.2. The maximum Gasteiger partial charge on any atom is 0.303 e. The molecule has 0 N–H and O–H groups in total.